The first kappa shape index (κ1) is 20.3. The van der Waals surface area contributed by atoms with Crippen LogP contribution in [0.1, 0.15) is 35.3 Å². The van der Waals surface area contributed by atoms with Gasteiger partial charge in [-0.25, -0.2) is 9.78 Å². The first-order valence-electron chi connectivity index (χ1n) is 11.0. The van der Waals surface area contributed by atoms with E-state index < -0.39 is 0 Å². The number of ether oxygens (including phenoxy) is 1. The Kier molecular flexibility index (Phi) is 5.64. The van der Waals surface area contributed by atoms with Crippen LogP contribution in [-0.2, 0) is 4.74 Å². The lowest BCUT2D eigenvalue weighted by Crippen LogP contribution is -2.38. The molecule has 0 bridgehead atoms. The molecule has 4 aromatic rings. The van der Waals surface area contributed by atoms with Crippen LogP contribution in [0.4, 0.5) is 0 Å². The van der Waals surface area contributed by atoms with E-state index >= 15 is 0 Å². The van der Waals surface area contributed by atoms with Crippen molar-refractivity contribution in [3.05, 3.63) is 66.2 Å². The highest BCUT2D eigenvalue weighted by atomic mass is 16.5. The molecule has 0 saturated carbocycles. The van der Waals surface area contributed by atoms with E-state index in [2.05, 4.69) is 25.3 Å². The topological polar surface area (TPSA) is 92.8 Å². The van der Waals surface area contributed by atoms with Crippen LogP contribution in [-0.4, -0.2) is 45.1 Å². The minimum absolute atomic E-state index is 0.237. The number of aryl methyl sites for hydroxylation is 1. The van der Waals surface area contributed by atoms with Gasteiger partial charge in [0.05, 0.1) is 34.5 Å². The van der Waals surface area contributed by atoms with Crippen molar-refractivity contribution >= 4 is 16.9 Å². The number of nitrogens with zero attached hydrogens (tertiary/aromatic N) is 3. The number of aromatic nitrogens is 4. The maximum atomic E-state index is 12.6. The van der Waals surface area contributed by atoms with E-state index in [1.54, 1.807) is 12.5 Å². The molecule has 2 N–H and O–H groups in total. The summed E-state index contributed by atoms with van der Waals surface area (Å²) in [6.45, 7) is 3.33. The number of H-pyrrole nitrogens is 1. The van der Waals surface area contributed by atoms with Crippen molar-refractivity contribution in [2.45, 2.75) is 32.2 Å². The summed E-state index contributed by atoms with van der Waals surface area (Å²) >= 11 is 0. The molecule has 0 aliphatic carbocycles. The fourth-order valence-corrected chi connectivity index (χ4v) is 4.11. The highest BCUT2D eigenvalue weighted by molar-refractivity contribution is 5.95. The third-order valence-electron chi connectivity index (χ3n) is 5.80. The van der Waals surface area contributed by atoms with Crippen LogP contribution >= 0.6 is 0 Å². The van der Waals surface area contributed by atoms with Crippen LogP contribution in [0.5, 0.6) is 0 Å². The van der Waals surface area contributed by atoms with Crippen molar-refractivity contribution < 1.29 is 9.53 Å². The molecule has 1 atom stereocenters. The third-order valence-corrected chi connectivity index (χ3v) is 5.80. The van der Waals surface area contributed by atoms with Gasteiger partial charge in [-0.05, 0) is 56.6 Å². The monoisotopic (exact) mass is 427 g/mol. The van der Waals surface area contributed by atoms with E-state index in [1.165, 1.54) is 12.8 Å². The smallest absolute Gasteiger partial charge is 0.339 e. The van der Waals surface area contributed by atoms with Crippen molar-refractivity contribution in [3.63, 3.8) is 0 Å². The van der Waals surface area contributed by atoms with Gasteiger partial charge in [-0.15, -0.1) is 0 Å². The van der Waals surface area contributed by atoms with Gasteiger partial charge in [-0.2, -0.15) is 0 Å². The van der Waals surface area contributed by atoms with Gasteiger partial charge >= 0.3 is 5.97 Å². The summed E-state index contributed by atoms with van der Waals surface area (Å²) in [6.07, 6.45) is 6.63. The fourth-order valence-electron chi connectivity index (χ4n) is 4.11. The zero-order valence-electron chi connectivity index (χ0n) is 18.0. The highest BCUT2D eigenvalue weighted by Gasteiger charge is 2.17. The Hall–Kier alpha value is -3.58. The van der Waals surface area contributed by atoms with Gasteiger partial charge in [0.25, 0.3) is 0 Å². The number of aromatic amines is 1. The average Bonchev–Trinajstić information content (AvgIpc) is 3.32. The van der Waals surface area contributed by atoms with E-state index in [0.717, 1.165) is 52.2 Å². The first-order chi connectivity index (χ1) is 15.7. The molecule has 5 rings (SSSR count). The van der Waals surface area contributed by atoms with Crippen LogP contribution in [0.3, 0.4) is 0 Å². The van der Waals surface area contributed by atoms with Gasteiger partial charge in [0.1, 0.15) is 6.61 Å². The van der Waals surface area contributed by atoms with Gasteiger partial charge in [0.15, 0.2) is 0 Å². The zero-order valence-corrected chi connectivity index (χ0v) is 18.0. The number of carbonyl (C=O) groups is 1. The lowest BCUT2D eigenvalue weighted by atomic mass is 10.0. The van der Waals surface area contributed by atoms with Crippen molar-refractivity contribution in [2.75, 3.05) is 13.2 Å². The predicted molar refractivity (Wildman–Crippen MR) is 123 cm³/mol. The number of carbonyl (C=O) groups excluding carboxylic acids is 1. The number of fused-ring (bicyclic) bond motifs is 1. The number of imidazole rings is 1. The molecule has 1 saturated heterocycles. The molecule has 3 aromatic heterocycles. The maximum absolute atomic E-state index is 12.6. The lowest BCUT2D eigenvalue weighted by Gasteiger charge is -2.22. The van der Waals surface area contributed by atoms with E-state index in [-0.39, 0.29) is 12.0 Å². The highest BCUT2D eigenvalue weighted by Crippen LogP contribution is 2.30. The molecular formula is C25H25N5O2. The molecule has 1 fully saturated rings. The fraction of sp³-hybridized carbons (Fsp3) is 0.280. The number of nitrogens with one attached hydrogen (secondary N) is 2. The van der Waals surface area contributed by atoms with E-state index in [0.29, 0.717) is 12.2 Å². The Bertz CT molecular complexity index is 1260. The number of hydrogen-bond acceptors (Lipinski definition) is 6. The van der Waals surface area contributed by atoms with Crippen molar-refractivity contribution in [1.82, 2.24) is 25.3 Å². The van der Waals surface area contributed by atoms with Gasteiger partial charge in [-0.3, -0.25) is 9.97 Å². The Labute approximate surface area is 186 Å². The second kappa shape index (κ2) is 8.88. The molecule has 0 amide bonds. The number of rotatable bonds is 5. The lowest BCUT2D eigenvalue weighted by molar-refractivity contribution is 0.0451. The Morgan fingerprint density at radius 1 is 1.16 bits per heavy atom. The van der Waals surface area contributed by atoms with E-state index in [1.807, 2.05) is 49.4 Å². The summed E-state index contributed by atoms with van der Waals surface area (Å²) in [5.74, 6) is -0.346. The molecule has 4 heterocycles. The van der Waals surface area contributed by atoms with Gasteiger partial charge in [0.2, 0.25) is 0 Å². The van der Waals surface area contributed by atoms with Crippen molar-refractivity contribution in [1.29, 1.82) is 0 Å². The number of benzene rings is 1. The number of piperidine rings is 1. The molecule has 32 heavy (non-hydrogen) atoms. The molecular weight excluding hydrogens is 402 g/mol. The van der Waals surface area contributed by atoms with E-state index in [4.69, 9.17) is 4.74 Å². The van der Waals surface area contributed by atoms with Crippen molar-refractivity contribution in [2.24, 2.45) is 0 Å². The Balaban J connectivity index is 1.41. The average molecular weight is 428 g/mol. The zero-order chi connectivity index (χ0) is 21.9. The van der Waals surface area contributed by atoms with Gasteiger partial charge in [0, 0.05) is 28.9 Å². The number of hydrogen-bond donors (Lipinski definition) is 2. The molecule has 1 aliphatic heterocycles. The normalized spacial score (nSPS) is 16.2. The molecule has 7 nitrogen and oxygen atoms in total. The first-order valence-corrected chi connectivity index (χ1v) is 11.0. The molecule has 0 unspecified atom stereocenters. The largest absolute Gasteiger partial charge is 0.460 e. The summed E-state index contributed by atoms with van der Waals surface area (Å²) in [6, 6.07) is 13.9. The predicted octanol–water partition coefficient (Wildman–Crippen LogP) is 4.29. The van der Waals surface area contributed by atoms with Crippen LogP contribution in [0.2, 0.25) is 0 Å². The number of pyridine rings is 2. The van der Waals surface area contributed by atoms with Crippen LogP contribution in [0, 0.1) is 6.92 Å². The summed E-state index contributed by atoms with van der Waals surface area (Å²) in [7, 11) is 0. The Morgan fingerprint density at radius 2 is 2.09 bits per heavy atom. The van der Waals surface area contributed by atoms with Crippen LogP contribution in [0.25, 0.3) is 33.5 Å². The Morgan fingerprint density at radius 3 is 2.94 bits per heavy atom. The summed E-state index contributed by atoms with van der Waals surface area (Å²) in [5, 5.41) is 4.25. The molecule has 1 aromatic carbocycles. The molecule has 0 spiro atoms. The second-order valence-corrected chi connectivity index (χ2v) is 8.17. The third kappa shape index (κ3) is 4.24. The minimum atomic E-state index is -0.346. The second-order valence-electron chi connectivity index (χ2n) is 8.17. The van der Waals surface area contributed by atoms with Crippen LogP contribution < -0.4 is 5.32 Å². The standard InChI is InChI=1S/C25H25N5O2/c1-16-5-4-7-22(30-16)24-23(28-15-29-24)17-8-9-21-18(11-17)12-19(13-27-21)25(31)32-14-20-6-2-3-10-26-20/h4-5,7-9,11-13,15,20,26H,2-3,6,10,14H2,1H3,(H,28,29)/t20-/m0/s1. The van der Waals surface area contributed by atoms with Crippen molar-refractivity contribution in [3.8, 4) is 22.6 Å². The van der Waals surface area contributed by atoms with Gasteiger partial charge in [-0.1, -0.05) is 18.6 Å². The molecule has 0 radical (unpaired) electrons. The molecule has 1 aliphatic rings. The summed E-state index contributed by atoms with van der Waals surface area (Å²) < 4.78 is 5.54. The molecule has 7 heteroatoms. The van der Waals surface area contributed by atoms with Gasteiger partial charge < -0.3 is 15.0 Å². The van der Waals surface area contributed by atoms with Crippen LogP contribution in [0.15, 0.2) is 55.0 Å². The summed E-state index contributed by atoms with van der Waals surface area (Å²) in [5.41, 5.74) is 5.63. The quantitative estimate of drug-likeness (QED) is 0.462. The minimum Gasteiger partial charge on any atom is -0.460 e. The number of esters is 1. The van der Waals surface area contributed by atoms with E-state index in [9.17, 15) is 4.79 Å². The summed E-state index contributed by atoms with van der Waals surface area (Å²) in [4.78, 5) is 29.4. The maximum Gasteiger partial charge on any atom is 0.339 e. The SMILES string of the molecule is Cc1cccc(-c2[nH]cnc2-c2ccc3ncc(C(=O)OC[C@@H]4CCCCN4)cc3c2)n1. The molecule has 162 valence electrons.